The highest BCUT2D eigenvalue weighted by Crippen LogP contribution is 2.29. The molecular formula is C31H36N4O10S. The van der Waals surface area contributed by atoms with E-state index in [1.54, 1.807) is 24.3 Å². The molecule has 15 heteroatoms. The van der Waals surface area contributed by atoms with Crippen molar-refractivity contribution in [3.8, 4) is 5.75 Å². The minimum Gasteiger partial charge on any atom is -0.488 e. The summed E-state index contributed by atoms with van der Waals surface area (Å²) in [5, 5.41) is 21.5. The SMILES string of the molecule is CCCCCC[C@H](C(=O)N1C[C@H](Oc2ccc(CC(=O)O)cc2)C[C@H]1C(=O)O)n1cnc(NC(=O)c2ccccc2S(=O)(=O)O)c1. The summed E-state index contributed by atoms with van der Waals surface area (Å²) in [6.07, 6.45) is 5.81. The van der Waals surface area contributed by atoms with Gasteiger partial charge in [-0.2, -0.15) is 8.42 Å². The number of likely N-dealkylation sites (tertiary alicyclic amines) is 1. The Kier molecular flexibility index (Phi) is 11.1. The fraction of sp³-hybridized carbons (Fsp3) is 0.387. The number of aromatic nitrogens is 2. The van der Waals surface area contributed by atoms with Gasteiger partial charge in [0.05, 0.1) is 24.9 Å². The van der Waals surface area contributed by atoms with Crippen molar-refractivity contribution in [3.63, 3.8) is 0 Å². The normalized spacial score (nSPS) is 17.0. The summed E-state index contributed by atoms with van der Waals surface area (Å²) in [6.45, 7) is 2.05. The monoisotopic (exact) mass is 656 g/mol. The van der Waals surface area contributed by atoms with Crippen LogP contribution < -0.4 is 10.1 Å². The van der Waals surface area contributed by atoms with Gasteiger partial charge in [0, 0.05) is 12.6 Å². The van der Waals surface area contributed by atoms with Gasteiger partial charge < -0.3 is 29.7 Å². The van der Waals surface area contributed by atoms with Crippen LogP contribution in [0.25, 0.3) is 0 Å². The van der Waals surface area contributed by atoms with E-state index in [1.165, 1.54) is 40.2 Å². The van der Waals surface area contributed by atoms with E-state index in [9.17, 15) is 37.3 Å². The zero-order valence-electron chi connectivity index (χ0n) is 25.1. The first kappa shape index (κ1) is 34.1. The number of carbonyl (C=O) groups excluding carboxylic acids is 2. The summed E-state index contributed by atoms with van der Waals surface area (Å²) in [5.74, 6) is -3.02. The first-order valence-electron chi connectivity index (χ1n) is 14.8. The number of hydrogen-bond donors (Lipinski definition) is 4. The number of rotatable bonds is 15. The number of carboxylic acids is 2. The molecule has 3 aromatic rings. The number of benzene rings is 2. The minimum absolute atomic E-state index is 0.00282. The lowest BCUT2D eigenvalue weighted by Gasteiger charge is -2.27. The summed E-state index contributed by atoms with van der Waals surface area (Å²) in [4.78, 5) is 55.0. The molecule has 1 saturated heterocycles. The van der Waals surface area contributed by atoms with Gasteiger partial charge in [0.2, 0.25) is 5.91 Å². The number of carboxylic acid groups (broad SMARTS) is 2. The molecule has 0 saturated carbocycles. The lowest BCUT2D eigenvalue weighted by Crippen LogP contribution is -2.44. The van der Waals surface area contributed by atoms with Gasteiger partial charge in [-0.05, 0) is 36.2 Å². The number of hydrogen-bond acceptors (Lipinski definition) is 8. The highest BCUT2D eigenvalue weighted by atomic mass is 32.2. The third kappa shape index (κ3) is 8.69. The Bertz CT molecular complexity index is 1670. The molecule has 0 unspecified atom stereocenters. The lowest BCUT2D eigenvalue weighted by atomic mass is 10.1. The van der Waals surface area contributed by atoms with Crippen LogP contribution in [0, 0.1) is 0 Å². The smallest absolute Gasteiger partial charge is 0.326 e. The summed E-state index contributed by atoms with van der Waals surface area (Å²) in [5.41, 5.74) is 0.284. The fourth-order valence-electron chi connectivity index (χ4n) is 5.40. The van der Waals surface area contributed by atoms with E-state index in [0.717, 1.165) is 25.3 Å². The van der Waals surface area contributed by atoms with Gasteiger partial charge in [-0.15, -0.1) is 0 Å². The number of nitrogens with one attached hydrogen (secondary N) is 1. The Morgan fingerprint density at radius 1 is 1.04 bits per heavy atom. The van der Waals surface area contributed by atoms with E-state index in [0.29, 0.717) is 24.2 Å². The zero-order chi connectivity index (χ0) is 33.4. The molecule has 3 atom stereocenters. The fourth-order valence-corrected chi connectivity index (χ4v) is 6.09. The number of ether oxygens (including phenoxy) is 1. The van der Waals surface area contributed by atoms with Gasteiger partial charge in [0.25, 0.3) is 16.0 Å². The molecule has 0 radical (unpaired) electrons. The number of aliphatic carboxylic acids is 2. The molecule has 1 aromatic heterocycles. The van der Waals surface area contributed by atoms with Crippen molar-refractivity contribution in [1.82, 2.24) is 14.5 Å². The number of carbonyl (C=O) groups is 4. The van der Waals surface area contributed by atoms with Crippen molar-refractivity contribution in [1.29, 1.82) is 0 Å². The Hall–Kier alpha value is -4.76. The van der Waals surface area contributed by atoms with Crippen LogP contribution in [0.1, 0.15) is 67.4 Å². The first-order chi connectivity index (χ1) is 21.9. The van der Waals surface area contributed by atoms with Gasteiger partial charge in [-0.25, -0.2) is 9.78 Å². The average molecular weight is 657 g/mol. The predicted molar refractivity (Wildman–Crippen MR) is 164 cm³/mol. The summed E-state index contributed by atoms with van der Waals surface area (Å²) in [6, 6.07) is 9.55. The van der Waals surface area contributed by atoms with Crippen LogP contribution >= 0.6 is 0 Å². The van der Waals surface area contributed by atoms with Crippen LogP contribution in [0.2, 0.25) is 0 Å². The number of anilines is 1. The third-order valence-electron chi connectivity index (χ3n) is 7.64. The Balaban J connectivity index is 1.53. The molecule has 2 heterocycles. The highest BCUT2D eigenvalue weighted by Gasteiger charge is 2.43. The number of amides is 2. The molecular weight excluding hydrogens is 620 g/mol. The number of unbranched alkanes of at least 4 members (excludes halogenated alkanes) is 3. The van der Waals surface area contributed by atoms with Crippen molar-refractivity contribution >= 4 is 39.7 Å². The molecule has 0 bridgehead atoms. The first-order valence-corrected chi connectivity index (χ1v) is 16.2. The topological polar surface area (TPSA) is 205 Å². The molecule has 2 amide bonds. The molecule has 4 N–H and O–H groups in total. The molecule has 46 heavy (non-hydrogen) atoms. The second-order valence-corrected chi connectivity index (χ2v) is 12.4. The molecule has 4 rings (SSSR count). The van der Waals surface area contributed by atoms with E-state index in [-0.39, 0.29) is 30.8 Å². The average Bonchev–Trinajstić information content (AvgIpc) is 3.64. The molecule has 1 fully saturated rings. The molecule has 0 spiro atoms. The largest absolute Gasteiger partial charge is 0.488 e. The summed E-state index contributed by atoms with van der Waals surface area (Å²) >= 11 is 0. The molecule has 0 aliphatic carbocycles. The Morgan fingerprint density at radius 2 is 1.76 bits per heavy atom. The minimum atomic E-state index is -4.67. The van der Waals surface area contributed by atoms with E-state index in [4.69, 9.17) is 9.84 Å². The molecule has 1 aliphatic heterocycles. The van der Waals surface area contributed by atoms with Gasteiger partial charge in [0.1, 0.15) is 28.8 Å². The number of imidazole rings is 1. The predicted octanol–water partition coefficient (Wildman–Crippen LogP) is 3.65. The van der Waals surface area contributed by atoms with Crippen LogP contribution in [-0.2, 0) is 30.9 Å². The van der Waals surface area contributed by atoms with Crippen molar-refractivity contribution in [2.45, 2.75) is 75.0 Å². The van der Waals surface area contributed by atoms with Gasteiger partial charge in [0.15, 0.2) is 5.82 Å². The van der Waals surface area contributed by atoms with Gasteiger partial charge in [-0.1, -0.05) is 56.9 Å². The van der Waals surface area contributed by atoms with E-state index >= 15 is 0 Å². The maximum Gasteiger partial charge on any atom is 0.326 e. The van der Waals surface area contributed by atoms with Gasteiger partial charge >= 0.3 is 11.9 Å². The highest BCUT2D eigenvalue weighted by molar-refractivity contribution is 7.86. The van der Waals surface area contributed by atoms with Crippen molar-refractivity contribution < 1.29 is 47.1 Å². The maximum atomic E-state index is 14.0. The van der Waals surface area contributed by atoms with Crippen LogP contribution in [0.5, 0.6) is 5.75 Å². The summed E-state index contributed by atoms with van der Waals surface area (Å²) < 4.78 is 40.5. The summed E-state index contributed by atoms with van der Waals surface area (Å²) in [7, 11) is -4.67. The molecule has 14 nitrogen and oxygen atoms in total. The quantitative estimate of drug-likeness (QED) is 0.137. The second-order valence-electron chi connectivity index (χ2n) is 11.0. The van der Waals surface area contributed by atoms with Crippen LogP contribution in [0.3, 0.4) is 0 Å². The van der Waals surface area contributed by atoms with E-state index < -0.39 is 57.0 Å². The maximum absolute atomic E-state index is 14.0. The van der Waals surface area contributed by atoms with Crippen molar-refractivity contribution in [2.24, 2.45) is 0 Å². The van der Waals surface area contributed by atoms with Crippen LogP contribution in [0.4, 0.5) is 5.82 Å². The second kappa shape index (κ2) is 15.0. The molecule has 246 valence electrons. The Morgan fingerprint density at radius 3 is 2.41 bits per heavy atom. The van der Waals surface area contributed by atoms with Gasteiger partial charge in [-0.3, -0.25) is 18.9 Å². The third-order valence-corrected chi connectivity index (χ3v) is 8.55. The van der Waals surface area contributed by atoms with E-state index in [2.05, 4.69) is 17.2 Å². The van der Waals surface area contributed by atoms with E-state index in [1.807, 2.05) is 0 Å². The van der Waals surface area contributed by atoms with Crippen molar-refractivity contribution in [3.05, 3.63) is 72.2 Å². The van der Waals surface area contributed by atoms with Crippen LogP contribution in [-0.4, -0.2) is 80.1 Å². The molecule has 1 aliphatic rings. The standard InChI is InChI=1S/C31H36N4O10S/c1-2-3-4-5-9-24(34-18-27(32-19-34)33-29(38)23-8-6-7-10-26(23)46(42,43)44)30(39)35-17-22(16-25(35)31(40)41)45-21-13-11-20(12-14-21)15-28(36)37/h6-8,10-14,18-19,22,24-25H,2-5,9,15-17H2,1H3,(H,33,38)(H,36,37)(H,40,41)(H,42,43,44)/t22-,24-,25+/m1/s1. The number of nitrogens with zero attached hydrogens (tertiary/aromatic N) is 3. The van der Waals surface area contributed by atoms with Crippen molar-refractivity contribution in [2.75, 3.05) is 11.9 Å². The Labute approximate surface area is 265 Å². The lowest BCUT2D eigenvalue weighted by molar-refractivity contribution is -0.149. The molecule has 2 aromatic carbocycles. The van der Waals surface area contributed by atoms with Crippen LogP contribution in [0.15, 0.2) is 66.0 Å². The zero-order valence-corrected chi connectivity index (χ0v) is 25.9.